The third-order valence-electron chi connectivity index (χ3n) is 2.31. The van der Waals surface area contributed by atoms with E-state index < -0.39 is 0 Å². The predicted octanol–water partition coefficient (Wildman–Crippen LogP) is 1.05. The Hall–Kier alpha value is -0.640. The molecule has 0 unspecified atom stereocenters. The maximum absolute atomic E-state index is 4.49. The highest BCUT2D eigenvalue weighted by Gasteiger charge is 2.14. The number of pyridine rings is 1. The number of hydrogen-bond acceptors (Lipinski definition) is 3. The molecule has 14 heavy (non-hydrogen) atoms. The monoisotopic (exact) mass is 213 g/mol. The molecule has 0 saturated carbocycles. The lowest BCUT2D eigenvalue weighted by Gasteiger charge is -2.24. The Bertz CT molecular complexity index is 284. The third kappa shape index (κ3) is 2.67. The first kappa shape index (κ1) is 11.4. The van der Waals surface area contributed by atoms with Crippen LogP contribution in [0.2, 0.25) is 0 Å². The first-order chi connectivity index (χ1) is 6.36. The Morgan fingerprint density at radius 2 is 2.21 bits per heavy atom. The number of aromatic nitrogens is 1. The average Bonchev–Trinajstić information content (AvgIpc) is 2.19. The lowest BCUT2D eigenvalue weighted by molar-refractivity contribution is 0.423. The van der Waals surface area contributed by atoms with E-state index >= 15 is 0 Å². The van der Waals surface area contributed by atoms with Gasteiger partial charge in [0.05, 0.1) is 11.7 Å². The first-order valence-corrected chi connectivity index (χ1v) is 4.74. The number of rotatable bonds is 1. The molecule has 2 rings (SSSR count). The highest BCUT2D eigenvalue weighted by Crippen LogP contribution is 2.10. The Kier molecular flexibility index (Phi) is 4.32. The van der Waals surface area contributed by atoms with Gasteiger partial charge in [-0.05, 0) is 19.1 Å². The number of halogens is 1. The lowest BCUT2D eigenvalue weighted by Crippen LogP contribution is -2.42. The maximum Gasteiger partial charge on any atom is 0.0622 e. The molecule has 0 aromatic carbocycles. The minimum atomic E-state index is 0. The van der Waals surface area contributed by atoms with Gasteiger partial charge in [-0.15, -0.1) is 12.4 Å². The van der Waals surface area contributed by atoms with Crippen molar-refractivity contribution in [2.75, 3.05) is 19.6 Å². The van der Waals surface area contributed by atoms with Crippen molar-refractivity contribution in [2.24, 2.45) is 0 Å². The van der Waals surface area contributed by atoms with Gasteiger partial charge in [0.15, 0.2) is 0 Å². The summed E-state index contributed by atoms with van der Waals surface area (Å²) in [6, 6.07) is 6.56. The van der Waals surface area contributed by atoms with E-state index in [4.69, 9.17) is 0 Å². The molecule has 1 aromatic heterocycles. The van der Waals surface area contributed by atoms with Gasteiger partial charge in [-0.2, -0.15) is 0 Å². The summed E-state index contributed by atoms with van der Waals surface area (Å²) in [6.07, 6.45) is 0. The summed E-state index contributed by atoms with van der Waals surface area (Å²) < 4.78 is 0. The fraction of sp³-hybridized carbons (Fsp3) is 0.500. The number of nitrogens with one attached hydrogen (secondary N) is 2. The zero-order valence-corrected chi connectivity index (χ0v) is 9.10. The molecule has 0 aliphatic carbocycles. The Balaban J connectivity index is 0.000000980. The Morgan fingerprint density at radius 3 is 2.86 bits per heavy atom. The molecule has 1 aliphatic heterocycles. The van der Waals surface area contributed by atoms with Crippen LogP contribution in [-0.2, 0) is 0 Å². The molecule has 2 N–H and O–H groups in total. The quantitative estimate of drug-likeness (QED) is 0.732. The second-order valence-electron chi connectivity index (χ2n) is 3.41. The van der Waals surface area contributed by atoms with Gasteiger partial charge in [-0.25, -0.2) is 0 Å². The van der Waals surface area contributed by atoms with Crippen molar-refractivity contribution in [3.05, 3.63) is 29.6 Å². The van der Waals surface area contributed by atoms with Crippen LogP contribution < -0.4 is 10.6 Å². The molecule has 78 valence electrons. The van der Waals surface area contributed by atoms with Crippen molar-refractivity contribution in [2.45, 2.75) is 13.0 Å². The summed E-state index contributed by atoms with van der Waals surface area (Å²) in [7, 11) is 0. The minimum absolute atomic E-state index is 0. The molecule has 0 radical (unpaired) electrons. The summed E-state index contributed by atoms with van der Waals surface area (Å²) >= 11 is 0. The van der Waals surface area contributed by atoms with E-state index in [-0.39, 0.29) is 12.4 Å². The highest BCUT2D eigenvalue weighted by atomic mass is 35.5. The minimum Gasteiger partial charge on any atom is -0.314 e. The molecule has 1 atom stereocenters. The van der Waals surface area contributed by atoms with E-state index in [0.29, 0.717) is 6.04 Å². The van der Waals surface area contributed by atoms with Crippen LogP contribution in [0.15, 0.2) is 18.2 Å². The highest BCUT2D eigenvalue weighted by molar-refractivity contribution is 5.85. The smallest absolute Gasteiger partial charge is 0.0622 e. The topological polar surface area (TPSA) is 37.0 Å². The second kappa shape index (κ2) is 5.29. The van der Waals surface area contributed by atoms with Crippen molar-refractivity contribution in [1.82, 2.24) is 15.6 Å². The van der Waals surface area contributed by atoms with E-state index in [2.05, 4.69) is 27.8 Å². The fourth-order valence-corrected chi connectivity index (χ4v) is 1.62. The third-order valence-corrected chi connectivity index (χ3v) is 2.31. The van der Waals surface area contributed by atoms with Crippen LogP contribution in [0.4, 0.5) is 0 Å². The van der Waals surface area contributed by atoms with E-state index in [9.17, 15) is 0 Å². The van der Waals surface area contributed by atoms with Crippen molar-refractivity contribution in [3.63, 3.8) is 0 Å². The number of aryl methyl sites for hydroxylation is 1. The molecule has 1 aliphatic rings. The predicted molar refractivity (Wildman–Crippen MR) is 59.8 cm³/mol. The van der Waals surface area contributed by atoms with Gasteiger partial charge in [0.25, 0.3) is 0 Å². The number of nitrogens with zero attached hydrogens (tertiary/aromatic N) is 1. The molecule has 1 aromatic rings. The van der Waals surface area contributed by atoms with E-state index in [1.54, 1.807) is 0 Å². The largest absolute Gasteiger partial charge is 0.314 e. The van der Waals surface area contributed by atoms with Gasteiger partial charge in [-0.3, -0.25) is 4.98 Å². The standard InChI is InChI=1S/C10H15N3.ClH/c1-8-3-2-4-9(13-8)10-7-11-5-6-12-10;/h2-4,10-12H,5-7H2,1H3;1H/t10-;/m1./s1. The molecule has 0 amide bonds. The van der Waals surface area contributed by atoms with Crippen LogP contribution in [0, 0.1) is 6.92 Å². The molecule has 1 fully saturated rings. The van der Waals surface area contributed by atoms with E-state index in [1.165, 1.54) is 0 Å². The Morgan fingerprint density at radius 1 is 1.36 bits per heavy atom. The number of piperazine rings is 1. The zero-order chi connectivity index (χ0) is 9.10. The normalized spacial score (nSPS) is 21.4. The summed E-state index contributed by atoms with van der Waals surface area (Å²) in [6.45, 7) is 5.10. The molecule has 0 bridgehead atoms. The molecular weight excluding hydrogens is 198 g/mol. The lowest BCUT2D eigenvalue weighted by atomic mass is 10.1. The van der Waals surface area contributed by atoms with Crippen LogP contribution in [0.25, 0.3) is 0 Å². The summed E-state index contributed by atoms with van der Waals surface area (Å²) in [4.78, 5) is 4.49. The van der Waals surface area contributed by atoms with Crippen LogP contribution in [0.1, 0.15) is 17.4 Å². The second-order valence-corrected chi connectivity index (χ2v) is 3.41. The van der Waals surface area contributed by atoms with E-state index in [0.717, 1.165) is 31.0 Å². The first-order valence-electron chi connectivity index (χ1n) is 4.74. The van der Waals surface area contributed by atoms with Crippen LogP contribution >= 0.6 is 12.4 Å². The molecule has 2 heterocycles. The summed E-state index contributed by atoms with van der Waals surface area (Å²) in [5.41, 5.74) is 2.23. The molecule has 3 nitrogen and oxygen atoms in total. The van der Waals surface area contributed by atoms with Crippen LogP contribution in [-0.4, -0.2) is 24.6 Å². The van der Waals surface area contributed by atoms with Gasteiger partial charge in [0.2, 0.25) is 0 Å². The van der Waals surface area contributed by atoms with Crippen LogP contribution in [0.3, 0.4) is 0 Å². The average molecular weight is 214 g/mol. The van der Waals surface area contributed by atoms with Gasteiger partial charge in [0, 0.05) is 25.3 Å². The van der Waals surface area contributed by atoms with Gasteiger partial charge < -0.3 is 10.6 Å². The summed E-state index contributed by atoms with van der Waals surface area (Å²) in [5.74, 6) is 0. The molecule has 4 heteroatoms. The van der Waals surface area contributed by atoms with Gasteiger partial charge in [-0.1, -0.05) is 6.07 Å². The maximum atomic E-state index is 4.49. The summed E-state index contributed by atoms with van der Waals surface area (Å²) in [5, 5.41) is 6.79. The van der Waals surface area contributed by atoms with E-state index in [1.807, 2.05) is 13.0 Å². The van der Waals surface area contributed by atoms with Crippen molar-refractivity contribution in [3.8, 4) is 0 Å². The van der Waals surface area contributed by atoms with Crippen molar-refractivity contribution in [1.29, 1.82) is 0 Å². The molecular formula is C10H16ClN3. The van der Waals surface area contributed by atoms with Crippen molar-refractivity contribution >= 4 is 12.4 Å². The van der Waals surface area contributed by atoms with Gasteiger partial charge in [0.1, 0.15) is 0 Å². The fourth-order valence-electron chi connectivity index (χ4n) is 1.62. The zero-order valence-electron chi connectivity index (χ0n) is 8.29. The van der Waals surface area contributed by atoms with Crippen molar-refractivity contribution < 1.29 is 0 Å². The SMILES string of the molecule is Cc1cccc([C@H]2CNCCN2)n1.Cl. The Labute approximate surface area is 90.7 Å². The van der Waals surface area contributed by atoms with Crippen LogP contribution in [0.5, 0.6) is 0 Å². The number of hydrogen-bond donors (Lipinski definition) is 2. The molecule has 1 saturated heterocycles. The van der Waals surface area contributed by atoms with Gasteiger partial charge >= 0.3 is 0 Å². The molecule has 0 spiro atoms.